The molecule has 0 aliphatic heterocycles. The molecule has 0 spiro atoms. The van der Waals surface area contributed by atoms with E-state index in [0.717, 1.165) is 44.1 Å². The van der Waals surface area contributed by atoms with Gasteiger partial charge < -0.3 is 15.5 Å². The van der Waals surface area contributed by atoms with Gasteiger partial charge in [0.2, 0.25) is 0 Å². The topological polar surface area (TPSA) is 52.5 Å². The Morgan fingerprint density at radius 3 is 2.64 bits per heavy atom. The number of aliphatic hydroxyl groups excluding tert-OH is 1. The lowest BCUT2D eigenvalue weighted by molar-refractivity contribution is -0.0483. The maximum atomic E-state index is 11.6. The average molecular weight is 346 g/mol. The molecule has 0 aromatic rings. The van der Waals surface area contributed by atoms with Gasteiger partial charge in [0.1, 0.15) is 0 Å². The Kier molecular flexibility index (Phi) is 5.30. The van der Waals surface area contributed by atoms with Crippen molar-refractivity contribution in [1.29, 1.82) is 0 Å². The van der Waals surface area contributed by atoms with E-state index in [1.54, 1.807) is 0 Å². The van der Waals surface area contributed by atoms with E-state index in [1.807, 2.05) is 14.1 Å². The number of hydrogen-bond acceptors (Lipinski definition) is 3. The first-order valence-electron chi connectivity index (χ1n) is 9.94. The highest BCUT2D eigenvalue weighted by Crippen LogP contribution is 2.58. The van der Waals surface area contributed by atoms with E-state index in [0.29, 0.717) is 17.8 Å². The average Bonchev–Trinajstić information content (AvgIpc) is 2.91. The molecule has 4 aliphatic carbocycles. The molecule has 25 heavy (non-hydrogen) atoms. The number of rotatable bonds is 0. The van der Waals surface area contributed by atoms with Gasteiger partial charge in [0, 0.05) is 5.92 Å². The quantitative estimate of drug-likeness (QED) is 0.588. The minimum atomic E-state index is -0.681. The van der Waals surface area contributed by atoms with Crippen LogP contribution in [0.1, 0.15) is 52.4 Å². The summed E-state index contributed by atoms with van der Waals surface area (Å²) in [5.74, 6) is 1.32. The second kappa shape index (κ2) is 7.02. The van der Waals surface area contributed by atoms with Crippen LogP contribution in [0, 0.1) is 23.2 Å². The third-order valence-corrected chi connectivity index (χ3v) is 7.15. The summed E-state index contributed by atoms with van der Waals surface area (Å²) in [6.45, 7) is 4.60. The first-order chi connectivity index (χ1) is 11.8. The van der Waals surface area contributed by atoms with Crippen LogP contribution < -0.4 is 5.32 Å². The van der Waals surface area contributed by atoms with Gasteiger partial charge in [-0.2, -0.15) is 0 Å². The smallest absolute Gasteiger partial charge is 0.0933 e. The molecule has 5 unspecified atom stereocenters. The van der Waals surface area contributed by atoms with Crippen LogP contribution in [0.5, 0.6) is 0 Å². The predicted molar refractivity (Wildman–Crippen MR) is 103 cm³/mol. The molecule has 4 aliphatic rings. The summed E-state index contributed by atoms with van der Waals surface area (Å²) in [7, 11) is 3.75. The Morgan fingerprint density at radius 1 is 1.20 bits per heavy atom. The molecule has 4 rings (SSSR count). The maximum Gasteiger partial charge on any atom is 0.0933 e. The molecule has 0 aromatic carbocycles. The normalized spacial score (nSPS) is 45.0. The zero-order valence-electron chi connectivity index (χ0n) is 16.3. The van der Waals surface area contributed by atoms with Crippen LogP contribution in [-0.4, -0.2) is 36.0 Å². The van der Waals surface area contributed by atoms with Crippen molar-refractivity contribution >= 4 is 0 Å². The fourth-order valence-corrected chi connectivity index (χ4v) is 5.51. The monoisotopic (exact) mass is 345 g/mol. The minimum absolute atomic E-state index is 0.0891. The Bertz CT molecular complexity index is 593. The van der Waals surface area contributed by atoms with Crippen molar-refractivity contribution in [3.05, 3.63) is 35.5 Å². The van der Waals surface area contributed by atoms with Crippen LogP contribution in [-0.2, 0) is 0 Å². The van der Waals surface area contributed by atoms with Crippen LogP contribution >= 0.6 is 0 Å². The fraction of sp³-hybridized carbons (Fsp3) is 0.727. The number of allylic oxidation sites excluding steroid dienone is 3. The molecule has 6 atom stereocenters. The lowest BCUT2D eigenvalue weighted by Crippen LogP contribution is -2.50. The molecule has 0 amide bonds. The molecular formula is C22H35NO2. The van der Waals surface area contributed by atoms with Gasteiger partial charge in [0.05, 0.1) is 11.7 Å². The van der Waals surface area contributed by atoms with Crippen LogP contribution in [0.15, 0.2) is 35.5 Å². The van der Waals surface area contributed by atoms with Crippen molar-refractivity contribution < 1.29 is 10.2 Å². The Balaban J connectivity index is 0.000000569. The molecule has 3 nitrogen and oxygen atoms in total. The molecular weight excluding hydrogens is 310 g/mol. The van der Waals surface area contributed by atoms with Crippen LogP contribution in [0.3, 0.4) is 0 Å². The number of aliphatic hydroxyl groups is 2. The van der Waals surface area contributed by atoms with E-state index in [-0.39, 0.29) is 11.5 Å². The van der Waals surface area contributed by atoms with Gasteiger partial charge in [0.25, 0.3) is 0 Å². The first kappa shape index (κ1) is 18.9. The predicted octanol–water partition coefficient (Wildman–Crippen LogP) is 3.59. The summed E-state index contributed by atoms with van der Waals surface area (Å²) >= 11 is 0. The fourth-order valence-electron chi connectivity index (χ4n) is 5.51. The molecule has 1 saturated carbocycles. The van der Waals surface area contributed by atoms with Crippen LogP contribution in [0.2, 0.25) is 0 Å². The van der Waals surface area contributed by atoms with Gasteiger partial charge in [-0.05, 0) is 75.4 Å². The summed E-state index contributed by atoms with van der Waals surface area (Å²) in [5.41, 5.74) is 1.92. The highest BCUT2D eigenvalue weighted by Gasteiger charge is 2.55. The molecule has 0 radical (unpaired) electrons. The summed E-state index contributed by atoms with van der Waals surface area (Å²) in [5, 5.41) is 24.4. The van der Waals surface area contributed by atoms with Gasteiger partial charge in [-0.15, -0.1) is 0 Å². The summed E-state index contributed by atoms with van der Waals surface area (Å²) < 4.78 is 0. The minimum Gasteiger partial charge on any atom is -0.393 e. The molecule has 3 heteroatoms. The van der Waals surface area contributed by atoms with Gasteiger partial charge in [-0.3, -0.25) is 0 Å². The molecule has 1 fully saturated rings. The second-order valence-corrected chi connectivity index (χ2v) is 8.78. The summed E-state index contributed by atoms with van der Waals surface area (Å²) in [4.78, 5) is 0. The largest absolute Gasteiger partial charge is 0.393 e. The Hall–Kier alpha value is -0.900. The Morgan fingerprint density at radius 2 is 1.92 bits per heavy atom. The lowest BCUT2D eigenvalue weighted by atomic mass is 9.57. The van der Waals surface area contributed by atoms with Crippen molar-refractivity contribution in [3.8, 4) is 0 Å². The third-order valence-electron chi connectivity index (χ3n) is 7.15. The number of nitrogens with one attached hydrogen (secondary N) is 1. The molecule has 0 bridgehead atoms. The summed E-state index contributed by atoms with van der Waals surface area (Å²) in [6.07, 6.45) is 14.7. The van der Waals surface area contributed by atoms with Crippen molar-refractivity contribution in [2.45, 2.75) is 64.1 Å². The highest BCUT2D eigenvalue weighted by atomic mass is 16.3. The van der Waals surface area contributed by atoms with Crippen molar-refractivity contribution in [2.75, 3.05) is 14.1 Å². The molecule has 3 N–H and O–H groups in total. The van der Waals surface area contributed by atoms with E-state index < -0.39 is 5.60 Å². The van der Waals surface area contributed by atoms with E-state index in [1.165, 1.54) is 5.57 Å². The Labute approximate surface area is 152 Å². The van der Waals surface area contributed by atoms with E-state index in [9.17, 15) is 10.2 Å². The van der Waals surface area contributed by atoms with E-state index in [2.05, 4.69) is 43.5 Å². The van der Waals surface area contributed by atoms with Crippen molar-refractivity contribution in [3.63, 3.8) is 0 Å². The second-order valence-electron chi connectivity index (χ2n) is 8.78. The molecule has 140 valence electrons. The van der Waals surface area contributed by atoms with E-state index in [4.69, 9.17) is 0 Å². The standard InChI is InChI=1S/C20H28O2.C2H7N/c1-13-10-16-11-15-12-17(21)6-5-14(15)7-9-20(16,22)18-4-3-8-19(13,18)2;1-3-2/h3,8,10-11,13-14,17-18,21-22H,4-7,9,12H2,1-2H3;3H,1-2H3/t13?,14?,17?,18?,19?,20-;/m1./s1. The third kappa shape index (κ3) is 3.15. The first-order valence-corrected chi connectivity index (χ1v) is 9.94. The zero-order valence-corrected chi connectivity index (χ0v) is 16.3. The molecule has 0 saturated heterocycles. The van der Waals surface area contributed by atoms with Gasteiger partial charge in [-0.1, -0.05) is 43.7 Å². The van der Waals surface area contributed by atoms with Crippen molar-refractivity contribution in [1.82, 2.24) is 5.32 Å². The lowest BCUT2D eigenvalue weighted by Gasteiger charge is -2.50. The van der Waals surface area contributed by atoms with Gasteiger partial charge in [0.15, 0.2) is 0 Å². The number of hydrogen-bond donors (Lipinski definition) is 3. The molecule has 0 heterocycles. The zero-order chi connectivity index (χ0) is 18.2. The molecule has 0 aromatic heterocycles. The SMILES string of the molecule is CC1C=C2C=C3CC(O)CCC3CC[C@]2(O)C2CC=CC12C.CNC. The van der Waals surface area contributed by atoms with Gasteiger partial charge >= 0.3 is 0 Å². The van der Waals surface area contributed by atoms with E-state index >= 15 is 0 Å². The summed E-state index contributed by atoms with van der Waals surface area (Å²) in [6, 6.07) is 0. The van der Waals surface area contributed by atoms with Crippen LogP contribution in [0.4, 0.5) is 0 Å². The maximum absolute atomic E-state index is 11.6. The number of fused-ring (bicyclic) bond motifs is 4. The highest BCUT2D eigenvalue weighted by molar-refractivity contribution is 5.42. The van der Waals surface area contributed by atoms with Crippen molar-refractivity contribution in [2.24, 2.45) is 23.2 Å². The van der Waals surface area contributed by atoms with Gasteiger partial charge in [-0.25, -0.2) is 0 Å². The van der Waals surface area contributed by atoms with Crippen LogP contribution in [0.25, 0.3) is 0 Å².